The standard InChI is InChI=1S/C14H9BrF2O3/c1-7-4-9(2-3-10(7)15)20-13-11(16)5-8(14(18)19)6-12(13)17/h2-6H,1H3,(H,18,19). The molecule has 0 aliphatic heterocycles. The highest BCUT2D eigenvalue weighted by Crippen LogP contribution is 2.30. The molecule has 6 heteroatoms. The first-order chi connectivity index (χ1) is 9.38. The van der Waals surface area contributed by atoms with Gasteiger partial charge in [0.05, 0.1) is 5.56 Å². The number of hydrogen-bond acceptors (Lipinski definition) is 2. The number of carbonyl (C=O) groups is 1. The van der Waals surface area contributed by atoms with E-state index in [1.165, 1.54) is 0 Å². The van der Waals surface area contributed by atoms with E-state index in [-0.39, 0.29) is 5.75 Å². The minimum Gasteiger partial charge on any atom is -0.478 e. The molecule has 0 atom stereocenters. The van der Waals surface area contributed by atoms with E-state index in [9.17, 15) is 13.6 Å². The van der Waals surface area contributed by atoms with Crippen LogP contribution in [0.25, 0.3) is 0 Å². The Kier molecular flexibility index (Phi) is 4.04. The summed E-state index contributed by atoms with van der Waals surface area (Å²) in [6.45, 7) is 1.80. The summed E-state index contributed by atoms with van der Waals surface area (Å²) in [5.74, 6) is -3.91. The first-order valence-corrected chi connectivity index (χ1v) is 6.34. The number of ether oxygens (including phenoxy) is 1. The molecule has 0 aliphatic rings. The number of hydrogen-bond donors (Lipinski definition) is 1. The lowest BCUT2D eigenvalue weighted by Crippen LogP contribution is -2.01. The number of aryl methyl sites for hydroxylation is 1. The molecule has 3 nitrogen and oxygen atoms in total. The van der Waals surface area contributed by atoms with Crippen molar-refractivity contribution in [1.29, 1.82) is 0 Å². The largest absolute Gasteiger partial charge is 0.478 e. The molecule has 0 unspecified atom stereocenters. The minimum absolute atomic E-state index is 0.256. The highest BCUT2D eigenvalue weighted by Gasteiger charge is 2.16. The third-order valence-corrected chi connectivity index (χ3v) is 3.48. The number of halogens is 3. The SMILES string of the molecule is Cc1cc(Oc2c(F)cc(C(=O)O)cc2F)ccc1Br. The van der Waals surface area contributed by atoms with Crippen LogP contribution < -0.4 is 4.74 Å². The molecule has 0 fully saturated rings. The van der Waals surface area contributed by atoms with Crippen molar-refractivity contribution >= 4 is 21.9 Å². The molecule has 0 spiro atoms. The zero-order valence-electron chi connectivity index (χ0n) is 10.3. The third-order valence-electron chi connectivity index (χ3n) is 2.59. The lowest BCUT2D eigenvalue weighted by molar-refractivity contribution is 0.0695. The topological polar surface area (TPSA) is 46.5 Å². The van der Waals surface area contributed by atoms with Crippen LogP contribution in [0.5, 0.6) is 11.5 Å². The number of aromatic carboxylic acids is 1. The molecule has 0 saturated carbocycles. The monoisotopic (exact) mass is 342 g/mol. The molecule has 104 valence electrons. The molecule has 0 bridgehead atoms. The molecule has 20 heavy (non-hydrogen) atoms. The van der Waals surface area contributed by atoms with Gasteiger partial charge in [-0.25, -0.2) is 13.6 Å². The molecule has 2 aromatic carbocycles. The summed E-state index contributed by atoms with van der Waals surface area (Å²) >= 11 is 3.30. The molecular weight excluding hydrogens is 334 g/mol. The van der Waals surface area contributed by atoms with Crippen LogP contribution >= 0.6 is 15.9 Å². The quantitative estimate of drug-likeness (QED) is 0.891. The van der Waals surface area contributed by atoms with E-state index in [2.05, 4.69) is 15.9 Å². The van der Waals surface area contributed by atoms with Crippen molar-refractivity contribution in [1.82, 2.24) is 0 Å². The van der Waals surface area contributed by atoms with Gasteiger partial charge in [-0.1, -0.05) is 15.9 Å². The maximum Gasteiger partial charge on any atom is 0.335 e. The van der Waals surface area contributed by atoms with Crippen molar-refractivity contribution in [2.75, 3.05) is 0 Å². The lowest BCUT2D eigenvalue weighted by Gasteiger charge is -2.10. The smallest absolute Gasteiger partial charge is 0.335 e. The number of carboxylic acids is 1. The zero-order valence-corrected chi connectivity index (χ0v) is 11.9. The van der Waals surface area contributed by atoms with Crippen LogP contribution in [0.2, 0.25) is 0 Å². The van der Waals surface area contributed by atoms with E-state index in [4.69, 9.17) is 9.84 Å². The Hall–Kier alpha value is -1.95. The lowest BCUT2D eigenvalue weighted by atomic mass is 10.2. The minimum atomic E-state index is -1.41. The van der Waals surface area contributed by atoms with E-state index in [0.717, 1.165) is 10.0 Å². The Morgan fingerprint density at radius 2 is 1.80 bits per heavy atom. The fraction of sp³-hybridized carbons (Fsp3) is 0.0714. The summed E-state index contributed by atoms with van der Waals surface area (Å²) in [5, 5.41) is 8.70. The Bertz CT molecular complexity index is 663. The van der Waals surface area contributed by atoms with Gasteiger partial charge in [0, 0.05) is 4.47 Å². The van der Waals surface area contributed by atoms with Crippen LogP contribution in [0.1, 0.15) is 15.9 Å². The maximum absolute atomic E-state index is 13.7. The van der Waals surface area contributed by atoms with Gasteiger partial charge in [0.15, 0.2) is 17.4 Å². The Morgan fingerprint density at radius 3 is 2.30 bits per heavy atom. The van der Waals surface area contributed by atoms with Crippen LogP contribution in [-0.4, -0.2) is 11.1 Å². The summed E-state index contributed by atoms with van der Waals surface area (Å²) in [6, 6.07) is 6.26. The van der Waals surface area contributed by atoms with Crippen molar-refractivity contribution in [3.63, 3.8) is 0 Å². The molecule has 0 heterocycles. The van der Waals surface area contributed by atoms with Crippen LogP contribution in [0, 0.1) is 18.6 Å². The fourth-order valence-electron chi connectivity index (χ4n) is 1.58. The highest BCUT2D eigenvalue weighted by atomic mass is 79.9. The van der Waals surface area contributed by atoms with E-state index in [1.54, 1.807) is 25.1 Å². The van der Waals surface area contributed by atoms with Gasteiger partial charge >= 0.3 is 5.97 Å². The van der Waals surface area contributed by atoms with Gasteiger partial charge in [-0.2, -0.15) is 0 Å². The van der Waals surface area contributed by atoms with Gasteiger partial charge < -0.3 is 9.84 Å². The summed E-state index contributed by atoms with van der Waals surface area (Å²) < 4.78 is 33.4. The van der Waals surface area contributed by atoms with Gasteiger partial charge in [-0.05, 0) is 42.8 Å². The maximum atomic E-state index is 13.7. The average Bonchev–Trinajstić information content (AvgIpc) is 2.37. The number of benzene rings is 2. The normalized spacial score (nSPS) is 10.4. The van der Waals surface area contributed by atoms with E-state index >= 15 is 0 Å². The second kappa shape index (κ2) is 5.58. The second-order valence-corrected chi connectivity index (χ2v) is 4.94. The first-order valence-electron chi connectivity index (χ1n) is 5.55. The van der Waals surface area contributed by atoms with Crippen LogP contribution in [0.3, 0.4) is 0 Å². The summed E-state index contributed by atoms with van der Waals surface area (Å²) in [5.41, 5.74) is 0.366. The predicted octanol–water partition coefficient (Wildman–Crippen LogP) is 4.53. The zero-order chi connectivity index (χ0) is 14.9. The highest BCUT2D eigenvalue weighted by molar-refractivity contribution is 9.10. The van der Waals surface area contributed by atoms with Crippen molar-refractivity contribution in [2.45, 2.75) is 6.92 Å². The molecule has 1 N–H and O–H groups in total. The molecule has 2 rings (SSSR count). The van der Waals surface area contributed by atoms with Crippen molar-refractivity contribution in [3.8, 4) is 11.5 Å². The van der Waals surface area contributed by atoms with Crippen LogP contribution in [0.15, 0.2) is 34.8 Å². The Morgan fingerprint density at radius 1 is 1.20 bits per heavy atom. The summed E-state index contributed by atoms with van der Waals surface area (Å²) in [4.78, 5) is 10.7. The molecule has 2 aromatic rings. The van der Waals surface area contributed by atoms with Gasteiger partial charge in [-0.3, -0.25) is 0 Å². The molecular formula is C14H9BrF2O3. The summed E-state index contributed by atoms with van der Waals surface area (Å²) in [6.07, 6.45) is 0. The second-order valence-electron chi connectivity index (χ2n) is 4.09. The first kappa shape index (κ1) is 14.5. The van der Waals surface area contributed by atoms with Gasteiger partial charge in [0.2, 0.25) is 0 Å². The molecule has 0 aliphatic carbocycles. The average molecular weight is 343 g/mol. The van der Waals surface area contributed by atoms with Gasteiger partial charge in [0.25, 0.3) is 0 Å². The Balaban J connectivity index is 2.38. The Labute approximate surface area is 121 Å². The van der Waals surface area contributed by atoms with Crippen molar-refractivity contribution < 1.29 is 23.4 Å². The number of carboxylic acid groups (broad SMARTS) is 1. The fourth-order valence-corrected chi connectivity index (χ4v) is 1.83. The van der Waals surface area contributed by atoms with E-state index in [0.29, 0.717) is 12.1 Å². The summed E-state index contributed by atoms with van der Waals surface area (Å²) in [7, 11) is 0. The van der Waals surface area contributed by atoms with Crippen LogP contribution in [-0.2, 0) is 0 Å². The van der Waals surface area contributed by atoms with Gasteiger partial charge in [-0.15, -0.1) is 0 Å². The van der Waals surface area contributed by atoms with Gasteiger partial charge in [0.1, 0.15) is 5.75 Å². The van der Waals surface area contributed by atoms with Crippen molar-refractivity contribution in [3.05, 3.63) is 57.6 Å². The van der Waals surface area contributed by atoms with Crippen molar-refractivity contribution in [2.24, 2.45) is 0 Å². The third kappa shape index (κ3) is 2.96. The molecule has 0 amide bonds. The predicted molar refractivity (Wildman–Crippen MR) is 72.3 cm³/mol. The van der Waals surface area contributed by atoms with Crippen LogP contribution in [0.4, 0.5) is 8.78 Å². The molecule has 0 saturated heterocycles. The number of rotatable bonds is 3. The molecule has 0 radical (unpaired) electrons. The van der Waals surface area contributed by atoms with E-state index in [1.807, 2.05) is 0 Å². The van der Waals surface area contributed by atoms with E-state index < -0.39 is 28.9 Å². The molecule has 0 aromatic heterocycles.